The van der Waals surface area contributed by atoms with Gasteiger partial charge in [-0.15, -0.1) is 0 Å². The number of hydrogen-bond acceptors (Lipinski definition) is 4. The van der Waals surface area contributed by atoms with Gasteiger partial charge in [-0.05, 0) is 74.3 Å². The summed E-state index contributed by atoms with van der Waals surface area (Å²) in [5.41, 5.74) is 0.318. The van der Waals surface area contributed by atoms with Crippen LogP contribution in [0.5, 0.6) is 5.75 Å². The van der Waals surface area contributed by atoms with Crippen LogP contribution in [0.4, 0.5) is 0 Å². The molecule has 2 aliphatic heterocycles. The van der Waals surface area contributed by atoms with Gasteiger partial charge in [0.2, 0.25) is 0 Å². The third-order valence-corrected chi connectivity index (χ3v) is 6.55. The lowest BCUT2D eigenvalue weighted by Gasteiger charge is -2.45. The number of rotatable bonds is 3. The molecule has 2 heterocycles. The molecule has 0 N–H and O–H groups in total. The maximum absolute atomic E-state index is 6.60. The summed E-state index contributed by atoms with van der Waals surface area (Å²) in [6.45, 7) is 19.5. The molecule has 0 radical (unpaired) electrons. The van der Waals surface area contributed by atoms with Gasteiger partial charge in [0.15, 0.2) is 0 Å². The lowest BCUT2D eigenvalue weighted by atomic mass is 9.78. The number of ether oxygens (including phenoxy) is 1. The van der Waals surface area contributed by atoms with Crippen LogP contribution in [0.2, 0.25) is 0 Å². The second-order valence-electron chi connectivity index (χ2n) is 10.3. The van der Waals surface area contributed by atoms with Gasteiger partial charge in [-0.2, -0.15) is 0 Å². The summed E-state index contributed by atoms with van der Waals surface area (Å²) in [6.07, 6.45) is 2.03. The van der Waals surface area contributed by atoms with Crippen molar-refractivity contribution in [3.63, 3.8) is 0 Å². The third-order valence-electron chi connectivity index (χ3n) is 6.55. The van der Waals surface area contributed by atoms with E-state index in [1.165, 1.54) is 0 Å². The van der Waals surface area contributed by atoms with Gasteiger partial charge in [-0.1, -0.05) is 18.2 Å². The van der Waals surface area contributed by atoms with Crippen LogP contribution in [0.25, 0.3) is 0 Å². The van der Waals surface area contributed by atoms with Crippen LogP contribution in [0.15, 0.2) is 24.3 Å². The minimum absolute atomic E-state index is 0.165. The summed E-state index contributed by atoms with van der Waals surface area (Å²) < 4.78 is 19.1. The molecule has 0 unspecified atom stereocenters. The highest BCUT2D eigenvalue weighted by Crippen LogP contribution is 2.38. The van der Waals surface area contributed by atoms with Crippen LogP contribution in [-0.4, -0.2) is 47.4 Å². The SMILES string of the molecule is CC1(Oc2ccccc2B2OC(C)(C)C(C)(C)O2)CCN(C(C)(C)C)CC1. The quantitative estimate of drug-likeness (QED) is 0.749. The van der Waals surface area contributed by atoms with E-state index < -0.39 is 7.12 Å². The van der Waals surface area contributed by atoms with Crippen LogP contribution in [0.1, 0.15) is 68.2 Å². The summed E-state index contributed by atoms with van der Waals surface area (Å²) in [4.78, 5) is 2.54. The topological polar surface area (TPSA) is 30.9 Å². The average Bonchev–Trinajstić information content (AvgIpc) is 2.75. The zero-order chi connectivity index (χ0) is 20.1. The highest BCUT2D eigenvalue weighted by Gasteiger charge is 2.52. The molecule has 2 saturated heterocycles. The molecule has 1 aromatic carbocycles. The van der Waals surface area contributed by atoms with Gasteiger partial charge in [-0.25, -0.2) is 0 Å². The van der Waals surface area contributed by atoms with Crippen molar-refractivity contribution < 1.29 is 14.0 Å². The Hall–Kier alpha value is -1.04. The summed E-state index contributed by atoms with van der Waals surface area (Å²) in [5, 5.41) is 0. The first kappa shape index (κ1) is 20.7. The van der Waals surface area contributed by atoms with Crippen LogP contribution in [0.3, 0.4) is 0 Å². The predicted octanol–water partition coefficient (Wildman–Crippen LogP) is 4.02. The summed E-state index contributed by atoms with van der Waals surface area (Å²) in [7, 11) is -0.399. The third kappa shape index (κ3) is 4.20. The van der Waals surface area contributed by atoms with Gasteiger partial charge in [0.25, 0.3) is 0 Å². The van der Waals surface area contributed by atoms with Crippen LogP contribution in [-0.2, 0) is 9.31 Å². The Morgan fingerprint density at radius 1 is 0.926 bits per heavy atom. The van der Waals surface area contributed by atoms with E-state index in [0.717, 1.165) is 37.1 Å². The van der Waals surface area contributed by atoms with E-state index in [-0.39, 0.29) is 22.3 Å². The summed E-state index contributed by atoms with van der Waals surface area (Å²) >= 11 is 0. The lowest BCUT2D eigenvalue weighted by Crippen LogP contribution is -2.52. The van der Waals surface area contributed by atoms with Crippen LogP contribution < -0.4 is 10.2 Å². The van der Waals surface area contributed by atoms with E-state index >= 15 is 0 Å². The second-order valence-corrected chi connectivity index (χ2v) is 10.3. The minimum Gasteiger partial charge on any atom is -0.488 e. The Bertz CT molecular complexity index is 656. The zero-order valence-corrected chi connectivity index (χ0v) is 18.4. The number of para-hydroxylation sites is 1. The van der Waals surface area contributed by atoms with Crippen molar-refractivity contribution in [2.24, 2.45) is 0 Å². The first-order valence-electron chi connectivity index (χ1n) is 10.2. The Kier molecular flexibility index (Phi) is 5.20. The van der Waals surface area contributed by atoms with E-state index in [4.69, 9.17) is 14.0 Å². The Morgan fingerprint density at radius 2 is 1.44 bits per heavy atom. The molecular formula is C22H36BNO3. The zero-order valence-electron chi connectivity index (χ0n) is 18.4. The maximum Gasteiger partial charge on any atom is 0.498 e. The van der Waals surface area contributed by atoms with Crippen molar-refractivity contribution in [1.82, 2.24) is 4.90 Å². The standard InChI is InChI=1S/C22H36BNO3/c1-19(2,3)24-15-13-22(8,14-16-24)25-18-12-10-9-11-17(18)23-26-20(4,5)21(6,7)27-23/h9-12H,13-16H2,1-8H3. The van der Waals surface area contributed by atoms with Crippen molar-refractivity contribution in [3.05, 3.63) is 24.3 Å². The highest BCUT2D eigenvalue weighted by atomic mass is 16.7. The molecule has 0 spiro atoms. The lowest BCUT2D eigenvalue weighted by molar-refractivity contribution is -0.0105. The molecule has 27 heavy (non-hydrogen) atoms. The van der Waals surface area contributed by atoms with Gasteiger partial charge in [-0.3, -0.25) is 4.90 Å². The maximum atomic E-state index is 6.60. The first-order chi connectivity index (χ1) is 12.3. The van der Waals surface area contributed by atoms with Crippen molar-refractivity contribution >= 4 is 12.6 Å². The normalized spacial score (nSPS) is 24.8. The molecule has 1 aromatic rings. The molecule has 3 rings (SSSR count). The fourth-order valence-corrected chi connectivity index (χ4v) is 3.76. The summed E-state index contributed by atoms with van der Waals surface area (Å²) in [5.74, 6) is 0.878. The number of piperidine rings is 1. The second kappa shape index (κ2) is 6.79. The van der Waals surface area contributed by atoms with E-state index in [0.29, 0.717) is 0 Å². The van der Waals surface area contributed by atoms with Gasteiger partial charge in [0.1, 0.15) is 11.4 Å². The first-order valence-corrected chi connectivity index (χ1v) is 10.2. The van der Waals surface area contributed by atoms with Crippen LogP contribution in [0, 0.1) is 0 Å². The van der Waals surface area contributed by atoms with Gasteiger partial charge in [0, 0.05) is 24.1 Å². The highest BCUT2D eigenvalue weighted by molar-refractivity contribution is 6.63. The molecule has 0 aromatic heterocycles. The molecule has 2 aliphatic rings. The molecule has 2 fully saturated rings. The molecule has 0 amide bonds. The number of hydrogen-bond donors (Lipinski definition) is 0. The van der Waals surface area contributed by atoms with Crippen LogP contribution >= 0.6 is 0 Å². The summed E-state index contributed by atoms with van der Waals surface area (Å²) in [6, 6.07) is 8.16. The molecule has 0 atom stereocenters. The Morgan fingerprint density at radius 3 is 1.96 bits per heavy atom. The van der Waals surface area contributed by atoms with Gasteiger partial charge < -0.3 is 14.0 Å². The smallest absolute Gasteiger partial charge is 0.488 e. The number of likely N-dealkylation sites (tertiary alicyclic amines) is 1. The van der Waals surface area contributed by atoms with E-state index in [9.17, 15) is 0 Å². The fraction of sp³-hybridized carbons (Fsp3) is 0.727. The molecule has 0 bridgehead atoms. The minimum atomic E-state index is -0.399. The fourth-order valence-electron chi connectivity index (χ4n) is 3.76. The Labute approximate surface area is 165 Å². The number of benzene rings is 1. The van der Waals surface area contributed by atoms with Gasteiger partial charge in [0.05, 0.1) is 11.2 Å². The molecule has 150 valence electrons. The van der Waals surface area contributed by atoms with Crippen molar-refractivity contribution in [1.29, 1.82) is 0 Å². The molecule has 5 heteroatoms. The average molecular weight is 373 g/mol. The molecule has 0 saturated carbocycles. The largest absolute Gasteiger partial charge is 0.498 e. The molecular weight excluding hydrogens is 337 g/mol. The van der Waals surface area contributed by atoms with Crippen molar-refractivity contribution in [3.8, 4) is 5.75 Å². The van der Waals surface area contributed by atoms with E-state index in [2.05, 4.69) is 66.4 Å². The predicted molar refractivity (Wildman–Crippen MR) is 112 cm³/mol. The van der Waals surface area contributed by atoms with Gasteiger partial charge >= 0.3 is 7.12 Å². The Balaban J connectivity index is 1.76. The van der Waals surface area contributed by atoms with Crippen molar-refractivity contribution in [2.75, 3.05) is 13.1 Å². The van der Waals surface area contributed by atoms with Crippen molar-refractivity contribution in [2.45, 2.75) is 90.6 Å². The monoisotopic (exact) mass is 373 g/mol. The van der Waals surface area contributed by atoms with E-state index in [1.54, 1.807) is 0 Å². The molecule has 4 nitrogen and oxygen atoms in total. The number of nitrogens with zero attached hydrogens (tertiary/aromatic N) is 1. The van der Waals surface area contributed by atoms with E-state index in [1.807, 2.05) is 18.2 Å². The molecule has 0 aliphatic carbocycles.